The van der Waals surface area contributed by atoms with Crippen LogP contribution < -0.4 is 5.32 Å². The van der Waals surface area contributed by atoms with E-state index in [0.717, 1.165) is 18.4 Å². The summed E-state index contributed by atoms with van der Waals surface area (Å²) in [5.41, 5.74) is 0.976. The van der Waals surface area contributed by atoms with Gasteiger partial charge >= 0.3 is 0 Å². The number of hydrogen-bond donors (Lipinski definition) is 1. The van der Waals surface area contributed by atoms with Crippen LogP contribution in [0.3, 0.4) is 0 Å². The Kier molecular flexibility index (Phi) is 7.06. The molecule has 0 aliphatic carbocycles. The minimum Gasteiger partial charge on any atom is -0.353 e. The van der Waals surface area contributed by atoms with Gasteiger partial charge < -0.3 is 10.2 Å². The van der Waals surface area contributed by atoms with Gasteiger partial charge in [0.1, 0.15) is 0 Å². The van der Waals surface area contributed by atoms with Crippen LogP contribution in [0, 0.1) is 0 Å². The van der Waals surface area contributed by atoms with Gasteiger partial charge in [0.25, 0.3) is 0 Å². The Morgan fingerprint density at radius 2 is 2.00 bits per heavy atom. The average Bonchev–Trinajstić information content (AvgIpc) is 2.50. The van der Waals surface area contributed by atoms with Crippen molar-refractivity contribution < 1.29 is 9.59 Å². The fraction of sp³-hybridized carbons (Fsp3) is 0.500. The predicted octanol–water partition coefficient (Wildman–Crippen LogP) is 3.35. The van der Waals surface area contributed by atoms with Crippen molar-refractivity contribution in [3.8, 4) is 0 Å². The number of piperidine rings is 1. The van der Waals surface area contributed by atoms with Crippen LogP contribution >= 0.6 is 35.0 Å². The van der Waals surface area contributed by atoms with E-state index in [1.807, 2.05) is 11.0 Å². The molecule has 1 fully saturated rings. The largest absolute Gasteiger partial charge is 0.353 e. The first-order valence-corrected chi connectivity index (χ1v) is 9.43. The van der Waals surface area contributed by atoms with Crippen LogP contribution in [0.15, 0.2) is 18.2 Å². The Bertz CT molecular complexity index is 575. The number of amides is 2. The lowest BCUT2D eigenvalue weighted by Crippen LogP contribution is -2.46. The van der Waals surface area contributed by atoms with Crippen molar-refractivity contribution >= 4 is 46.8 Å². The lowest BCUT2D eigenvalue weighted by molar-refractivity contribution is -0.130. The van der Waals surface area contributed by atoms with Crippen LogP contribution in [0.5, 0.6) is 0 Å². The monoisotopic (exact) mass is 374 g/mol. The lowest BCUT2D eigenvalue weighted by Gasteiger charge is -2.31. The smallest absolute Gasteiger partial charge is 0.230 e. The molecule has 1 aromatic carbocycles. The minimum absolute atomic E-state index is 0.0290. The summed E-state index contributed by atoms with van der Waals surface area (Å²) in [5, 5.41) is 4.27. The molecule has 1 aromatic rings. The van der Waals surface area contributed by atoms with Crippen LogP contribution in [0.25, 0.3) is 0 Å². The van der Waals surface area contributed by atoms with Gasteiger partial charge in [0.05, 0.1) is 5.75 Å². The maximum absolute atomic E-state index is 12.0. The Morgan fingerprint density at radius 1 is 1.30 bits per heavy atom. The summed E-state index contributed by atoms with van der Waals surface area (Å²) < 4.78 is 0. The van der Waals surface area contributed by atoms with Crippen LogP contribution in [0.2, 0.25) is 10.0 Å². The van der Waals surface area contributed by atoms with Crippen molar-refractivity contribution in [1.82, 2.24) is 10.2 Å². The second-order valence-electron chi connectivity index (χ2n) is 5.58. The molecule has 126 valence electrons. The molecule has 4 nitrogen and oxygen atoms in total. The fourth-order valence-electron chi connectivity index (χ4n) is 2.50. The first-order valence-electron chi connectivity index (χ1n) is 7.52. The van der Waals surface area contributed by atoms with Crippen LogP contribution in [0.1, 0.15) is 25.3 Å². The number of nitrogens with zero attached hydrogens (tertiary/aromatic N) is 1. The van der Waals surface area contributed by atoms with Crippen molar-refractivity contribution in [1.29, 1.82) is 0 Å². The zero-order valence-corrected chi connectivity index (χ0v) is 15.3. The molecule has 1 heterocycles. The molecule has 2 rings (SSSR count). The Morgan fingerprint density at radius 3 is 2.61 bits per heavy atom. The maximum Gasteiger partial charge on any atom is 0.230 e. The second-order valence-corrected chi connectivity index (χ2v) is 7.41. The topological polar surface area (TPSA) is 49.4 Å². The highest BCUT2D eigenvalue weighted by Gasteiger charge is 2.21. The van der Waals surface area contributed by atoms with Gasteiger partial charge in [0.15, 0.2) is 0 Å². The molecule has 1 aliphatic rings. The summed E-state index contributed by atoms with van der Waals surface area (Å²) in [6.45, 7) is 3.01. The van der Waals surface area contributed by atoms with Gasteiger partial charge in [0, 0.05) is 41.9 Å². The first kappa shape index (κ1) is 18.4. The third-order valence-electron chi connectivity index (χ3n) is 3.81. The first-order chi connectivity index (χ1) is 11.0. The Hall–Kier alpha value is -0.910. The van der Waals surface area contributed by atoms with E-state index in [4.69, 9.17) is 23.2 Å². The molecule has 7 heteroatoms. The minimum atomic E-state index is 0.0290. The highest BCUT2D eigenvalue weighted by atomic mass is 35.5. The maximum atomic E-state index is 12.0. The third kappa shape index (κ3) is 5.90. The standard InChI is InChI=1S/C16H20Cl2N2O2S/c1-11(21)20-6-4-14(5-7-20)19-16(22)10-23-9-12-2-3-13(17)8-15(12)18/h2-3,8,14H,4-7,9-10H2,1H3,(H,19,22). The average molecular weight is 375 g/mol. The molecule has 2 amide bonds. The quantitative estimate of drug-likeness (QED) is 0.859. The number of likely N-dealkylation sites (tertiary alicyclic amines) is 1. The number of halogens is 2. The fourth-order valence-corrected chi connectivity index (χ4v) is 3.90. The van der Waals surface area contributed by atoms with E-state index in [9.17, 15) is 9.59 Å². The normalized spacial score (nSPS) is 15.5. The number of carbonyl (C=O) groups is 2. The number of carbonyl (C=O) groups excluding carboxylic acids is 2. The molecule has 1 aliphatic heterocycles. The molecule has 1 saturated heterocycles. The number of rotatable bonds is 5. The molecule has 0 bridgehead atoms. The Balaban J connectivity index is 1.68. The van der Waals surface area contributed by atoms with Gasteiger partial charge in [-0.25, -0.2) is 0 Å². The Labute approximate surface area is 150 Å². The zero-order valence-electron chi connectivity index (χ0n) is 13.0. The zero-order chi connectivity index (χ0) is 16.8. The molecule has 23 heavy (non-hydrogen) atoms. The van der Waals surface area contributed by atoms with Gasteiger partial charge in [-0.1, -0.05) is 29.3 Å². The molecule has 0 saturated carbocycles. The van der Waals surface area contributed by atoms with Crippen LogP contribution in [-0.4, -0.2) is 41.6 Å². The van der Waals surface area contributed by atoms with E-state index < -0.39 is 0 Å². The lowest BCUT2D eigenvalue weighted by atomic mass is 10.1. The molecule has 0 unspecified atom stereocenters. The van der Waals surface area contributed by atoms with Crippen molar-refractivity contribution in [3.05, 3.63) is 33.8 Å². The van der Waals surface area contributed by atoms with Crippen LogP contribution in [0.4, 0.5) is 0 Å². The number of benzene rings is 1. The summed E-state index contributed by atoms with van der Waals surface area (Å²) in [6.07, 6.45) is 1.64. The van der Waals surface area contributed by atoms with E-state index in [0.29, 0.717) is 34.6 Å². The summed E-state index contributed by atoms with van der Waals surface area (Å²) in [7, 11) is 0. The summed E-state index contributed by atoms with van der Waals surface area (Å²) in [6, 6.07) is 5.55. The van der Waals surface area contributed by atoms with Crippen LogP contribution in [-0.2, 0) is 15.3 Å². The summed E-state index contributed by atoms with van der Waals surface area (Å²) >= 11 is 13.5. The summed E-state index contributed by atoms with van der Waals surface area (Å²) in [4.78, 5) is 25.1. The third-order valence-corrected chi connectivity index (χ3v) is 5.38. The number of hydrogen-bond acceptors (Lipinski definition) is 3. The molecule has 1 N–H and O–H groups in total. The van der Waals surface area contributed by atoms with E-state index in [1.165, 1.54) is 11.8 Å². The van der Waals surface area contributed by atoms with E-state index in [2.05, 4.69) is 5.32 Å². The molecule has 0 aromatic heterocycles. The van der Waals surface area contributed by atoms with Gasteiger partial charge in [0.2, 0.25) is 11.8 Å². The molecular weight excluding hydrogens is 355 g/mol. The van der Waals surface area contributed by atoms with Crippen molar-refractivity contribution in [2.24, 2.45) is 0 Å². The second kappa shape index (κ2) is 8.81. The van der Waals surface area contributed by atoms with Crippen molar-refractivity contribution in [3.63, 3.8) is 0 Å². The number of thioether (sulfide) groups is 1. The van der Waals surface area contributed by atoms with E-state index >= 15 is 0 Å². The number of nitrogens with one attached hydrogen (secondary N) is 1. The van der Waals surface area contributed by atoms with Gasteiger partial charge in [-0.3, -0.25) is 9.59 Å². The molecule has 0 spiro atoms. The van der Waals surface area contributed by atoms with Gasteiger partial charge in [-0.05, 0) is 30.5 Å². The molecular formula is C16H20Cl2N2O2S. The highest BCUT2D eigenvalue weighted by molar-refractivity contribution is 7.99. The molecule has 0 radical (unpaired) electrons. The van der Waals surface area contributed by atoms with Gasteiger partial charge in [-0.15, -0.1) is 11.8 Å². The van der Waals surface area contributed by atoms with Gasteiger partial charge in [-0.2, -0.15) is 0 Å². The molecule has 0 atom stereocenters. The summed E-state index contributed by atoms with van der Waals surface area (Å²) in [5.74, 6) is 1.20. The SMILES string of the molecule is CC(=O)N1CCC(NC(=O)CSCc2ccc(Cl)cc2Cl)CC1. The van der Waals surface area contributed by atoms with E-state index in [1.54, 1.807) is 19.1 Å². The highest BCUT2D eigenvalue weighted by Crippen LogP contribution is 2.24. The van der Waals surface area contributed by atoms with Crippen molar-refractivity contribution in [2.75, 3.05) is 18.8 Å². The predicted molar refractivity (Wildman–Crippen MR) is 96.0 cm³/mol. The van der Waals surface area contributed by atoms with E-state index in [-0.39, 0.29) is 17.9 Å². The van der Waals surface area contributed by atoms with Crippen molar-refractivity contribution in [2.45, 2.75) is 31.6 Å².